The lowest BCUT2D eigenvalue weighted by molar-refractivity contribution is -0.142. The second kappa shape index (κ2) is 5.26. The predicted octanol–water partition coefficient (Wildman–Crippen LogP) is 2.15. The highest BCUT2D eigenvalue weighted by Gasteiger charge is 2.38. The molecule has 1 aliphatic heterocycles. The van der Waals surface area contributed by atoms with Gasteiger partial charge in [0.15, 0.2) is 0 Å². The highest BCUT2D eigenvalue weighted by Crippen LogP contribution is 2.25. The van der Waals surface area contributed by atoms with Crippen LogP contribution in [-0.4, -0.2) is 34.6 Å². The Labute approximate surface area is 110 Å². The van der Waals surface area contributed by atoms with Gasteiger partial charge in [0.05, 0.1) is 5.92 Å². The molecule has 0 radical (unpaired) electrons. The van der Waals surface area contributed by atoms with E-state index < -0.39 is 11.9 Å². The van der Waals surface area contributed by atoms with Crippen LogP contribution in [0, 0.1) is 11.7 Å². The molecular formula is C13H15FN2O3. The number of hydrogen-bond donors (Lipinski definition) is 2. The number of benzene rings is 1. The fourth-order valence-corrected chi connectivity index (χ4v) is 2.29. The number of carbonyl (C=O) groups is 2. The maximum atomic E-state index is 12.7. The van der Waals surface area contributed by atoms with Crippen molar-refractivity contribution in [2.24, 2.45) is 5.92 Å². The second-order valence-electron chi connectivity index (χ2n) is 4.60. The summed E-state index contributed by atoms with van der Waals surface area (Å²) in [6.07, 6.45) is 0.452. The summed E-state index contributed by atoms with van der Waals surface area (Å²) in [5.74, 6) is -1.79. The average Bonchev–Trinajstić information content (AvgIpc) is 2.74. The van der Waals surface area contributed by atoms with Crippen molar-refractivity contribution in [2.45, 2.75) is 19.4 Å². The number of hydrogen-bond acceptors (Lipinski definition) is 2. The summed E-state index contributed by atoms with van der Waals surface area (Å²) >= 11 is 0. The molecule has 2 rings (SSSR count). The predicted molar refractivity (Wildman–Crippen MR) is 67.3 cm³/mol. The van der Waals surface area contributed by atoms with Crippen molar-refractivity contribution in [2.75, 3.05) is 11.9 Å². The summed E-state index contributed by atoms with van der Waals surface area (Å²) in [5, 5.41) is 11.6. The molecule has 2 atom stereocenters. The third-order valence-corrected chi connectivity index (χ3v) is 3.43. The van der Waals surface area contributed by atoms with Gasteiger partial charge in [-0.15, -0.1) is 0 Å². The molecule has 1 heterocycles. The Morgan fingerprint density at radius 3 is 2.53 bits per heavy atom. The van der Waals surface area contributed by atoms with Gasteiger partial charge in [0.25, 0.3) is 0 Å². The van der Waals surface area contributed by atoms with Crippen LogP contribution in [-0.2, 0) is 4.79 Å². The van der Waals surface area contributed by atoms with Crippen LogP contribution in [0.5, 0.6) is 0 Å². The molecule has 5 nitrogen and oxygen atoms in total. The lowest BCUT2D eigenvalue weighted by Crippen LogP contribution is -2.40. The molecule has 0 saturated carbocycles. The highest BCUT2D eigenvalue weighted by atomic mass is 19.1. The van der Waals surface area contributed by atoms with Gasteiger partial charge in [0.2, 0.25) is 0 Å². The number of anilines is 1. The van der Waals surface area contributed by atoms with Gasteiger partial charge in [0, 0.05) is 18.3 Å². The number of aliphatic carboxylic acids is 1. The molecule has 0 aliphatic carbocycles. The molecule has 1 aromatic rings. The quantitative estimate of drug-likeness (QED) is 0.861. The second-order valence-corrected chi connectivity index (χ2v) is 4.60. The van der Waals surface area contributed by atoms with Gasteiger partial charge in [-0.3, -0.25) is 4.79 Å². The van der Waals surface area contributed by atoms with Gasteiger partial charge in [-0.2, -0.15) is 0 Å². The first-order valence-corrected chi connectivity index (χ1v) is 6.05. The lowest BCUT2D eigenvalue weighted by atomic mass is 10.0. The van der Waals surface area contributed by atoms with E-state index in [1.54, 1.807) is 6.92 Å². The molecule has 0 spiro atoms. The van der Waals surface area contributed by atoms with Crippen molar-refractivity contribution in [3.05, 3.63) is 30.1 Å². The van der Waals surface area contributed by atoms with Gasteiger partial charge < -0.3 is 15.3 Å². The normalized spacial score (nSPS) is 22.3. The van der Waals surface area contributed by atoms with E-state index in [-0.39, 0.29) is 17.9 Å². The molecule has 2 amide bonds. The first-order valence-electron chi connectivity index (χ1n) is 6.05. The molecule has 2 N–H and O–H groups in total. The number of nitrogens with zero attached hydrogens (tertiary/aromatic N) is 1. The minimum Gasteiger partial charge on any atom is -0.481 e. The summed E-state index contributed by atoms with van der Waals surface area (Å²) < 4.78 is 12.7. The number of amides is 2. The number of likely N-dealkylation sites (tertiary alicyclic amines) is 1. The summed E-state index contributed by atoms with van der Waals surface area (Å²) in [6.45, 7) is 2.13. The van der Waals surface area contributed by atoms with Crippen LogP contribution in [0.25, 0.3) is 0 Å². The maximum Gasteiger partial charge on any atom is 0.322 e. The number of nitrogens with one attached hydrogen (secondary N) is 1. The smallest absolute Gasteiger partial charge is 0.322 e. The fraction of sp³-hybridized carbons (Fsp3) is 0.385. The number of carboxylic acids is 1. The number of rotatable bonds is 2. The number of carbonyl (C=O) groups excluding carboxylic acids is 1. The van der Waals surface area contributed by atoms with Crippen molar-refractivity contribution in [1.82, 2.24) is 4.90 Å². The third-order valence-electron chi connectivity index (χ3n) is 3.43. The van der Waals surface area contributed by atoms with Crippen LogP contribution < -0.4 is 5.32 Å². The summed E-state index contributed by atoms with van der Waals surface area (Å²) in [5.41, 5.74) is 0.484. The molecule has 6 heteroatoms. The topological polar surface area (TPSA) is 69.6 Å². The van der Waals surface area contributed by atoms with Crippen molar-refractivity contribution < 1.29 is 19.1 Å². The molecule has 1 fully saturated rings. The zero-order chi connectivity index (χ0) is 14.0. The minimum atomic E-state index is -0.885. The molecule has 0 bridgehead atoms. The average molecular weight is 266 g/mol. The maximum absolute atomic E-state index is 12.7. The standard InChI is InChI=1S/C13H15FN2O3/c1-8-11(12(17)18)6-7-16(8)13(19)15-10-4-2-9(14)3-5-10/h2-5,8,11H,6-7H2,1H3,(H,15,19)(H,17,18). The van der Waals surface area contributed by atoms with Gasteiger partial charge >= 0.3 is 12.0 Å². The van der Waals surface area contributed by atoms with E-state index in [0.717, 1.165) is 0 Å². The van der Waals surface area contributed by atoms with E-state index in [9.17, 15) is 14.0 Å². The Balaban J connectivity index is 2.01. The zero-order valence-electron chi connectivity index (χ0n) is 10.5. The molecular weight excluding hydrogens is 251 g/mol. The monoisotopic (exact) mass is 266 g/mol. The van der Waals surface area contributed by atoms with E-state index in [2.05, 4.69) is 5.32 Å². The third kappa shape index (κ3) is 2.83. The minimum absolute atomic E-state index is 0.349. The lowest BCUT2D eigenvalue weighted by Gasteiger charge is -2.23. The summed E-state index contributed by atoms with van der Waals surface area (Å²) in [4.78, 5) is 24.5. The van der Waals surface area contributed by atoms with Crippen molar-refractivity contribution in [1.29, 1.82) is 0 Å². The van der Waals surface area contributed by atoms with Crippen LogP contribution >= 0.6 is 0 Å². The van der Waals surface area contributed by atoms with Crippen molar-refractivity contribution >= 4 is 17.7 Å². The van der Waals surface area contributed by atoms with Crippen LogP contribution in [0.2, 0.25) is 0 Å². The molecule has 19 heavy (non-hydrogen) atoms. The Hall–Kier alpha value is -2.11. The van der Waals surface area contributed by atoms with Gasteiger partial charge in [-0.05, 0) is 37.6 Å². The first kappa shape index (κ1) is 13.3. The number of urea groups is 1. The van der Waals surface area contributed by atoms with E-state index in [0.29, 0.717) is 18.7 Å². The zero-order valence-corrected chi connectivity index (χ0v) is 10.5. The molecule has 2 unspecified atom stereocenters. The Kier molecular flexibility index (Phi) is 3.69. The van der Waals surface area contributed by atoms with Crippen molar-refractivity contribution in [3.8, 4) is 0 Å². The van der Waals surface area contributed by atoms with Crippen LogP contribution in [0.15, 0.2) is 24.3 Å². The first-order chi connectivity index (χ1) is 8.99. The number of carboxylic acid groups (broad SMARTS) is 1. The van der Waals surface area contributed by atoms with E-state index in [4.69, 9.17) is 5.11 Å². The largest absolute Gasteiger partial charge is 0.481 e. The Morgan fingerprint density at radius 1 is 1.37 bits per heavy atom. The Bertz CT molecular complexity index is 489. The van der Waals surface area contributed by atoms with E-state index in [1.165, 1.54) is 29.2 Å². The highest BCUT2D eigenvalue weighted by molar-refractivity contribution is 5.90. The molecule has 102 valence electrons. The van der Waals surface area contributed by atoms with E-state index in [1.807, 2.05) is 0 Å². The van der Waals surface area contributed by atoms with Crippen LogP contribution in [0.4, 0.5) is 14.9 Å². The molecule has 1 saturated heterocycles. The van der Waals surface area contributed by atoms with Crippen LogP contribution in [0.1, 0.15) is 13.3 Å². The molecule has 0 aromatic heterocycles. The van der Waals surface area contributed by atoms with Gasteiger partial charge in [-0.1, -0.05) is 0 Å². The molecule has 1 aromatic carbocycles. The van der Waals surface area contributed by atoms with Crippen LogP contribution in [0.3, 0.4) is 0 Å². The van der Waals surface area contributed by atoms with Crippen molar-refractivity contribution in [3.63, 3.8) is 0 Å². The summed E-state index contributed by atoms with van der Waals surface area (Å²) in [6, 6.07) is 4.72. The van der Waals surface area contributed by atoms with Gasteiger partial charge in [-0.25, -0.2) is 9.18 Å². The number of halogens is 1. The SMILES string of the molecule is CC1C(C(=O)O)CCN1C(=O)Nc1ccc(F)cc1. The van der Waals surface area contributed by atoms with Gasteiger partial charge in [0.1, 0.15) is 5.82 Å². The summed E-state index contributed by atoms with van der Waals surface area (Å²) in [7, 11) is 0. The Morgan fingerprint density at radius 2 is 2.00 bits per heavy atom. The fourth-order valence-electron chi connectivity index (χ4n) is 2.29. The van der Waals surface area contributed by atoms with E-state index >= 15 is 0 Å². The molecule has 1 aliphatic rings.